The monoisotopic (exact) mass is 169 g/mol. The second-order valence-corrected chi connectivity index (χ2v) is 3.09. The minimum atomic E-state index is 0.752. The van der Waals surface area contributed by atoms with Gasteiger partial charge >= 0.3 is 0 Å². The van der Waals surface area contributed by atoms with Crippen molar-refractivity contribution in [3.8, 4) is 0 Å². The van der Waals surface area contributed by atoms with Gasteiger partial charge in [-0.05, 0) is 18.9 Å². The van der Waals surface area contributed by atoms with Crippen LogP contribution in [0.3, 0.4) is 0 Å². The molecular weight excluding hydrogens is 146 g/mol. The standard InChI is InChI=1S/C9H17N.C2H6/c1-3-10-7-5-4-6-9(2)8-10;1-2/h4,6,9H,3,5,7-8H2,1-2H3;1-2H3. The molecule has 1 aliphatic rings. The van der Waals surface area contributed by atoms with Gasteiger partial charge in [-0.3, -0.25) is 0 Å². The highest BCUT2D eigenvalue weighted by Gasteiger charge is 2.07. The molecule has 1 heteroatoms. The third-order valence-electron chi connectivity index (χ3n) is 2.07. The van der Waals surface area contributed by atoms with Gasteiger partial charge in [0.25, 0.3) is 0 Å². The van der Waals surface area contributed by atoms with Crippen LogP contribution in [-0.2, 0) is 0 Å². The van der Waals surface area contributed by atoms with Crippen LogP contribution in [0.2, 0.25) is 0 Å². The molecule has 0 saturated carbocycles. The summed E-state index contributed by atoms with van der Waals surface area (Å²) < 4.78 is 0. The first-order valence-corrected chi connectivity index (χ1v) is 5.22. The zero-order chi connectivity index (χ0) is 9.40. The molecule has 1 nitrogen and oxygen atoms in total. The molecule has 0 saturated heterocycles. The summed E-state index contributed by atoms with van der Waals surface area (Å²) in [6.45, 7) is 12.2. The number of rotatable bonds is 1. The zero-order valence-electron chi connectivity index (χ0n) is 9.01. The van der Waals surface area contributed by atoms with E-state index in [2.05, 4.69) is 30.9 Å². The van der Waals surface area contributed by atoms with Crippen molar-refractivity contribution in [3.05, 3.63) is 12.2 Å². The van der Waals surface area contributed by atoms with E-state index in [4.69, 9.17) is 0 Å². The van der Waals surface area contributed by atoms with Crippen LogP contribution in [0.1, 0.15) is 34.1 Å². The Balaban J connectivity index is 0.000000561. The highest BCUT2D eigenvalue weighted by atomic mass is 15.1. The highest BCUT2D eigenvalue weighted by molar-refractivity contribution is 4.91. The Kier molecular flexibility index (Phi) is 7.17. The first-order chi connectivity index (χ1) is 5.83. The Bertz CT molecular complexity index is 118. The molecule has 0 aromatic rings. The fourth-order valence-electron chi connectivity index (χ4n) is 1.43. The van der Waals surface area contributed by atoms with E-state index in [0.29, 0.717) is 0 Å². The normalized spacial score (nSPS) is 24.2. The molecule has 0 radical (unpaired) electrons. The van der Waals surface area contributed by atoms with Crippen LogP contribution in [-0.4, -0.2) is 24.5 Å². The lowest BCUT2D eigenvalue weighted by atomic mass is 10.2. The third-order valence-corrected chi connectivity index (χ3v) is 2.07. The first kappa shape index (κ1) is 11.7. The molecule has 1 atom stereocenters. The van der Waals surface area contributed by atoms with Crippen molar-refractivity contribution in [3.63, 3.8) is 0 Å². The highest BCUT2D eigenvalue weighted by Crippen LogP contribution is 2.07. The lowest BCUT2D eigenvalue weighted by molar-refractivity contribution is 0.278. The van der Waals surface area contributed by atoms with Crippen LogP contribution < -0.4 is 0 Å². The Morgan fingerprint density at radius 3 is 2.67 bits per heavy atom. The summed E-state index contributed by atoms with van der Waals surface area (Å²) in [5, 5.41) is 0. The number of nitrogens with zero attached hydrogens (tertiary/aromatic N) is 1. The van der Waals surface area contributed by atoms with Gasteiger partial charge in [-0.15, -0.1) is 0 Å². The van der Waals surface area contributed by atoms with Gasteiger partial charge in [-0.1, -0.05) is 39.8 Å². The number of hydrogen-bond donors (Lipinski definition) is 0. The van der Waals surface area contributed by atoms with E-state index in [1.165, 1.54) is 26.1 Å². The molecular formula is C11H23N. The molecule has 1 heterocycles. The van der Waals surface area contributed by atoms with Crippen molar-refractivity contribution in [2.24, 2.45) is 5.92 Å². The molecule has 12 heavy (non-hydrogen) atoms. The van der Waals surface area contributed by atoms with Gasteiger partial charge in [0.05, 0.1) is 0 Å². The van der Waals surface area contributed by atoms with Crippen molar-refractivity contribution >= 4 is 0 Å². The summed E-state index contributed by atoms with van der Waals surface area (Å²) in [6.07, 6.45) is 5.87. The van der Waals surface area contributed by atoms with E-state index in [1.807, 2.05) is 13.8 Å². The fourth-order valence-corrected chi connectivity index (χ4v) is 1.43. The Labute approximate surface area is 77.5 Å². The maximum atomic E-state index is 2.50. The lowest BCUT2D eigenvalue weighted by Crippen LogP contribution is -2.27. The first-order valence-electron chi connectivity index (χ1n) is 5.22. The van der Waals surface area contributed by atoms with E-state index in [1.54, 1.807) is 0 Å². The van der Waals surface area contributed by atoms with Crippen molar-refractivity contribution in [1.82, 2.24) is 4.90 Å². The zero-order valence-corrected chi connectivity index (χ0v) is 9.01. The smallest absolute Gasteiger partial charge is 0.00417 e. The van der Waals surface area contributed by atoms with Gasteiger partial charge in [-0.2, -0.15) is 0 Å². The van der Waals surface area contributed by atoms with E-state index < -0.39 is 0 Å². The summed E-state index contributed by atoms with van der Waals surface area (Å²) in [5.74, 6) is 0.752. The van der Waals surface area contributed by atoms with E-state index in [9.17, 15) is 0 Å². The van der Waals surface area contributed by atoms with Crippen LogP contribution in [0.4, 0.5) is 0 Å². The summed E-state index contributed by atoms with van der Waals surface area (Å²) in [5.41, 5.74) is 0. The quantitative estimate of drug-likeness (QED) is 0.545. The topological polar surface area (TPSA) is 3.24 Å². The van der Waals surface area contributed by atoms with Gasteiger partial charge in [-0.25, -0.2) is 0 Å². The molecule has 0 aromatic carbocycles. The van der Waals surface area contributed by atoms with E-state index >= 15 is 0 Å². The van der Waals surface area contributed by atoms with Crippen LogP contribution >= 0.6 is 0 Å². The maximum absolute atomic E-state index is 2.50. The molecule has 72 valence electrons. The third kappa shape index (κ3) is 4.55. The second-order valence-electron chi connectivity index (χ2n) is 3.09. The van der Waals surface area contributed by atoms with E-state index in [0.717, 1.165) is 5.92 Å². The molecule has 1 aliphatic heterocycles. The van der Waals surface area contributed by atoms with Crippen LogP contribution in [0.5, 0.6) is 0 Å². The average molecular weight is 169 g/mol. The minimum absolute atomic E-state index is 0.752. The Morgan fingerprint density at radius 2 is 2.08 bits per heavy atom. The fraction of sp³-hybridized carbons (Fsp3) is 0.818. The summed E-state index contributed by atoms with van der Waals surface area (Å²) in [6, 6.07) is 0. The van der Waals surface area contributed by atoms with Gasteiger partial charge in [0.2, 0.25) is 0 Å². The average Bonchev–Trinajstić information content (AvgIpc) is 2.33. The maximum Gasteiger partial charge on any atom is 0.00417 e. The largest absolute Gasteiger partial charge is 0.303 e. The van der Waals surface area contributed by atoms with Crippen molar-refractivity contribution < 1.29 is 0 Å². The van der Waals surface area contributed by atoms with Crippen molar-refractivity contribution in [1.29, 1.82) is 0 Å². The second kappa shape index (κ2) is 7.35. The van der Waals surface area contributed by atoms with Gasteiger partial charge < -0.3 is 4.90 Å². The molecule has 0 aliphatic carbocycles. The lowest BCUT2D eigenvalue weighted by Gasteiger charge is -2.19. The van der Waals surface area contributed by atoms with Gasteiger partial charge in [0.1, 0.15) is 0 Å². The van der Waals surface area contributed by atoms with Gasteiger partial charge in [0, 0.05) is 13.1 Å². The summed E-state index contributed by atoms with van der Waals surface area (Å²) in [7, 11) is 0. The molecule has 0 aromatic heterocycles. The molecule has 0 amide bonds. The Hall–Kier alpha value is -0.300. The molecule has 0 spiro atoms. The van der Waals surface area contributed by atoms with Crippen LogP contribution in [0, 0.1) is 5.92 Å². The SMILES string of the molecule is CC.CCN1CCC=CC(C)C1. The Morgan fingerprint density at radius 1 is 1.42 bits per heavy atom. The molecule has 1 rings (SSSR count). The van der Waals surface area contributed by atoms with Crippen LogP contribution in [0.15, 0.2) is 12.2 Å². The van der Waals surface area contributed by atoms with Crippen molar-refractivity contribution in [2.75, 3.05) is 19.6 Å². The number of hydrogen-bond acceptors (Lipinski definition) is 1. The van der Waals surface area contributed by atoms with Gasteiger partial charge in [0.15, 0.2) is 0 Å². The molecule has 0 bridgehead atoms. The van der Waals surface area contributed by atoms with E-state index in [-0.39, 0.29) is 0 Å². The predicted molar refractivity (Wildman–Crippen MR) is 56.4 cm³/mol. The molecule has 1 unspecified atom stereocenters. The minimum Gasteiger partial charge on any atom is -0.303 e. The molecule has 0 fully saturated rings. The predicted octanol–water partition coefficient (Wildman–Crippen LogP) is 2.93. The molecule has 0 N–H and O–H groups in total. The summed E-state index contributed by atoms with van der Waals surface area (Å²) in [4.78, 5) is 2.50. The van der Waals surface area contributed by atoms with Crippen molar-refractivity contribution in [2.45, 2.75) is 34.1 Å². The van der Waals surface area contributed by atoms with Crippen LogP contribution in [0.25, 0.3) is 0 Å². The summed E-state index contributed by atoms with van der Waals surface area (Å²) >= 11 is 0.